The topological polar surface area (TPSA) is 85.1 Å². The Morgan fingerprint density at radius 2 is 1.68 bits per heavy atom. The van der Waals surface area contributed by atoms with E-state index in [1.165, 1.54) is 0 Å². The molecule has 0 spiro atoms. The molecule has 150 valence electrons. The number of aromatic nitrogens is 5. The van der Waals surface area contributed by atoms with Crippen molar-refractivity contribution >= 4 is 17.2 Å². The molecule has 1 N–H and O–H groups in total. The molecule has 0 fully saturated rings. The molecule has 0 atom stereocenters. The molecular formula is C24H18N6O. The molecule has 31 heavy (non-hydrogen) atoms. The van der Waals surface area contributed by atoms with Crippen LogP contribution in [-0.2, 0) is 0 Å². The first-order valence-electron chi connectivity index (χ1n) is 9.79. The van der Waals surface area contributed by atoms with Gasteiger partial charge in [0, 0.05) is 34.8 Å². The van der Waals surface area contributed by atoms with E-state index in [9.17, 15) is 4.79 Å². The molecule has 7 heteroatoms. The van der Waals surface area contributed by atoms with Gasteiger partial charge < -0.3 is 5.32 Å². The van der Waals surface area contributed by atoms with Crippen LogP contribution in [0.25, 0.3) is 28.3 Å². The molecule has 3 aromatic heterocycles. The lowest BCUT2D eigenvalue weighted by molar-refractivity contribution is 0.102. The number of benzene rings is 2. The lowest BCUT2D eigenvalue weighted by atomic mass is 10.1. The van der Waals surface area contributed by atoms with Gasteiger partial charge in [-0.3, -0.25) is 9.78 Å². The Morgan fingerprint density at radius 1 is 0.871 bits per heavy atom. The van der Waals surface area contributed by atoms with Gasteiger partial charge in [0.05, 0.1) is 5.69 Å². The zero-order chi connectivity index (χ0) is 21.2. The van der Waals surface area contributed by atoms with Crippen molar-refractivity contribution in [2.75, 3.05) is 5.32 Å². The largest absolute Gasteiger partial charge is 0.322 e. The smallest absolute Gasteiger partial charge is 0.255 e. The van der Waals surface area contributed by atoms with Crippen LogP contribution in [0.15, 0.2) is 85.2 Å². The minimum absolute atomic E-state index is 0.137. The summed E-state index contributed by atoms with van der Waals surface area (Å²) < 4.78 is 1.72. The zero-order valence-corrected chi connectivity index (χ0v) is 16.7. The fourth-order valence-corrected chi connectivity index (χ4v) is 3.34. The second-order valence-corrected chi connectivity index (χ2v) is 7.15. The summed E-state index contributed by atoms with van der Waals surface area (Å²) in [7, 11) is 0. The number of rotatable bonds is 4. The standard InChI is InChI=1S/C24H18N6O/c1-16-3-2-4-19(15-16)24(31)26-20-7-5-17(6-8-20)21-9-10-22-27-28-23(30(22)29-21)18-11-13-25-14-12-18/h2-15H,1H3,(H,26,31). The van der Waals surface area contributed by atoms with Crippen LogP contribution in [0.1, 0.15) is 15.9 Å². The third-order valence-corrected chi connectivity index (χ3v) is 4.92. The fourth-order valence-electron chi connectivity index (χ4n) is 3.34. The molecular weight excluding hydrogens is 388 g/mol. The van der Waals surface area contributed by atoms with Gasteiger partial charge in [-0.15, -0.1) is 10.2 Å². The minimum atomic E-state index is -0.137. The van der Waals surface area contributed by atoms with Gasteiger partial charge in [-0.2, -0.15) is 9.61 Å². The number of carbonyl (C=O) groups excluding carboxylic acids is 1. The van der Waals surface area contributed by atoms with Gasteiger partial charge in [-0.25, -0.2) is 0 Å². The number of nitrogens with one attached hydrogen (secondary N) is 1. The fraction of sp³-hybridized carbons (Fsp3) is 0.0417. The van der Waals surface area contributed by atoms with E-state index < -0.39 is 0 Å². The SMILES string of the molecule is Cc1cccc(C(=O)Nc2ccc(-c3ccc4nnc(-c5ccncc5)n4n3)cc2)c1. The monoisotopic (exact) mass is 406 g/mol. The number of amides is 1. The Morgan fingerprint density at radius 3 is 2.45 bits per heavy atom. The number of fused-ring (bicyclic) bond motifs is 1. The van der Waals surface area contributed by atoms with Gasteiger partial charge in [0.2, 0.25) is 0 Å². The van der Waals surface area contributed by atoms with Crippen LogP contribution in [0.4, 0.5) is 5.69 Å². The van der Waals surface area contributed by atoms with Crippen LogP contribution in [0, 0.1) is 6.92 Å². The number of nitrogens with zero attached hydrogens (tertiary/aromatic N) is 5. The molecule has 2 aromatic carbocycles. The van der Waals surface area contributed by atoms with Gasteiger partial charge in [-0.1, -0.05) is 29.8 Å². The third kappa shape index (κ3) is 3.76. The van der Waals surface area contributed by atoms with Gasteiger partial charge in [0.1, 0.15) is 0 Å². The maximum atomic E-state index is 12.5. The predicted molar refractivity (Wildman–Crippen MR) is 119 cm³/mol. The van der Waals surface area contributed by atoms with E-state index in [0.29, 0.717) is 17.0 Å². The summed E-state index contributed by atoms with van der Waals surface area (Å²) >= 11 is 0. The van der Waals surface area contributed by atoms with E-state index in [1.54, 1.807) is 23.0 Å². The Balaban J connectivity index is 1.41. The van der Waals surface area contributed by atoms with Crippen molar-refractivity contribution in [2.45, 2.75) is 6.92 Å². The molecule has 0 bridgehead atoms. The molecule has 0 unspecified atom stereocenters. The molecule has 0 aliphatic rings. The Bertz CT molecular complexity index is 1380. The number of hydrogen-bond donors (Lipinski definition) is 1. The van der Waals surface area contributed by atoms with Crippen LogP contribution in [0.5, 0.6) is 0 Å². The maximum Gasteiger partial charge on any atom is 0.255 e. The molecule has 0 saturated carbocycles. The second kappa shape index (κ2) is 7.79. The number of hydrogen-bond acceptors (Lipinski definition) is 5. The molecule has 0 saturated heterocycles. The van der Waals surface area contributed by atoms with E-state index in [0.717, 1.165) is 28.1 Å². The van der Waals surface area contributed by atoms with E-state index in [4.69, 9.17) is 5.10 Å². The molecule has 5 aromatic rings. The molecule has 0 radical (unpaired) electrons. The highest BCUT2D eigenvalue weighted by molar-refractivity contribution is 6.04. The van der Waals surface area contributed by atoms with Crippen molar-refractivity contribution in [1.29, 1.82) is 0 Å². The van der Waals surface area contributed by atoms with Gasteiger partial charge in [0.15, 0.2) is 11.5 Å². The number of pyridine rings is 1. The Hall–Kier alpha value is -4.39. The first-order chi connectivity index (χ1) is 15.2. The normalized spacial score (nSPS) is 10.9. The van der Waals surface area contributed by atoms with Crippen LogP contribution in [0.2, 0.25) is 0 Å². The summed E-state index contributed by atoms with van der Waals surface area (Å²) in [5, 5.41) is 16.1. The summed E-state index contributed by atoms with van der Waals surface area (Å²) in [6, 6.07) is 22.6. The van der Waals surface area contributed by atoms with Gasteiger partial charge in [-0.05, 0) is 55.5 Å². The lowest BCUT2D eigenvalue weighted by Crippen LogP contribution is -2.11. The summed E-state index contributed by atoms with van der Waals surface area (Å²) in [4.78, 5) is 16.5. The molecule has 7 nitrogen and oxygen atoms in total. The van der Waals surface area contributed by atoms with Crippen molar-refractivity contribution in [3.05, 3.63) is 96.3 Å². The van der Waals surface area contributed by atoms with E-state index in [2.05, 4.69) is 20.5 Å². The van der Waals surface area contributed by atoms with Crippen molar-refractivity contribution in [1.82, 2.24) is 24.8 Å². The second-order valence-electron chi connectivity index (χ2n) is 7.15. The summed E-state index contributed by atoms with van der Waals surface area (Å²) in [5.41, 5.74) is 5.65. The summed E-state index contributed by atoms with van der Waals surface area (Å²) in [6.45, 7) is 1.96. The Labute approximate surface area is 178 Å². The predicted octanol–water partition coefficient (Wildman–Crippen LogP) is 4.41. The number of carbonyl (C=O) groups is 1. The number of anilines is 1. The van der Waals surface area contributed by atoms with Crippen LogP contribution in [0.3, 0.4) is 0 Å². The van der Waals surface area contributed by atoms with E-state index in [1.807, 2.05) is 73.7 Å². The summed E-state index contributed by atoms with van der Waals surface area (Å²) in [6.07, 6.45) is 3.42. The highest BCUT2D eigenvalue weighted by Gasteiger charge is 2.11. The van der Waals surface area contributed by atoms with E-state index in [-0.39, 0.29) is 5.91 Å². The maximum absolute atomic E-state index is 12.5. The van der Waals surface area contributed by atoms with Gasteiger partial charge in [0.25, 0.3) is 5.91 Å². The molecule has 0 aliphatic heterocycles. The highest BCUT2D eigenvalue weighted by atomic mass is 16.1. The quantitative estimate of drug-likeness (QED) is 0.478. The van der Waals surface area contributed by atoms with Crippen molar-refractivity contribution in [2.24, 2.45) is 0 Å². The van der Waals surface area contributed by atoms with Crippen molar-refractivity contribution in [3.8, 4) is 22.6 Å². The highest BCUT2D eigenvalue weighted by Crippen LogP contribution is 2.22. The molecule has 5 rings (SSSR count). The molecule has 1 amide bonds. The lowest BCUT2D eigenvalue weighted by Gasteiger charge is -2.08. The average molecular weight is 406 g/mol. The molecule has 3 heterocycles. The van der Waals surface area contributed by atoms with Crippen molar-refractivity contribution < 1.29 is 4.79 Å². The van der Waals surface area contributed by atoms with E-state index >= 15 is 0 Å². The third-order valence-electron chi connectivity index (χ3n) is 4.92. The minimum Gasteiger partial charge on any atom is -0.322 e. The zero-order valence-electron chi connectivity index (χ0n) is 16.7. The van der Waals surface area contributed by atoms with Crippen molar-refractivity contribution in [3.63, 3.8) is 0 Å². The first-order valence-corrected chi connectivity index (χ1v) is 9.79. The average Bonchev–Trinajstić information content (AvgIpc) is 3.23. The van der Waals surface area contributed by atoms with Crippen LogP contribution < -0.4 is 5.32 Å². The van der Waals surface area contributed by atoms with Gasteiger partial charge >= 0.3 is 0 Å². The first kappa shape index (κ1) is 18.6. The summed E-state index contributed by atoms with van der Waals surface area (Å²) in [5.74, 6) is 0.517. The molecule has 0 aliphatic carbocycles. The Kier molecular flexibility index (Phi) is 4.68. The van der Waals surface area contributed by atoms with Crippen LogP contribution in [-0.4, -0.2) is 30.7 Å². The van der Waals surface area contributed by atoms with Crippen LogP contribution >= 0.6 is 0 Å². The number of aryl methyl sites for hydroxylation is 1.